The lowest BCUT2D eigenvalue weighted by Crippen LogP contribution is -2.31. The number of aryl methyl sites for hydroxylation is 1. The molecule has 8 heteroatoms. The number of aromatic nitrogens is 2. The Kier molecular flexibility index (Phi) is 4.34. The maximum atomic E-state index is 13.1. The molecular weight excluding hydrogens is 286 g/mol. The molecule has 20 heavy (non-hydrogen) atoms. The summed E-state index contributed by atoms with van der Waals surface area (Å²) in [5, 5.41) is 14.7. The van der Waals surface area contributed by atoms with Crippen LogP contribution < -0.4 is 10.6 Å². The average molecular weight is 302 g/mol. The topological polar surface area (TPSA) is 70.1 Å². The third-order valence-corrected chi connectivity index (χ3v) is 3.93. The molecule has 0 saturated heterocycles. The van der Waals surface area contributed by atoms with Gasteiger partial charge in [0.1, 0.15) is 17.3 Å². The van der Waals surface area contributed by atoms with E-state index < -0.39 is 19.1 Å². The molecule has 2 heterocycles. The first-order chi connectivity index (χ1) is 9.49. The Morgan fingerprint density at radius 3 is 2.75 bits per heavy atom. The second-order valence-electron chi connectivity index (χ2n) is 4.30. The van der Waals surface area contributed by atoms with Crippen LogP contribution in [0.2, 0.25) is 0 Å². The van der Waals surface area contributed by atoms with Gasteiger partial charge in [0.2, 0.25) is 5.95 Å². The number of aliphatic hydroxyl groups excluding tert-OH is 1. The summed E-state index contributed by atoms with van der Waals surface area (Å²) in [4.78, 5) is 10.3. The maximum Gasteiger partial charge on any atom is 0.287 e. The first kappa shape index (κ1) is 14.9. The second kappa shape index (κ2) is 5.84. The number of aliphatic hydroxyl groups is 1. The van der Waals surface area contributed by atoms with Crippen LogP contribution in [-0.4, -0.2) is 41.2 Å². The minimum atomic E-state index is -3.18. The van der Waals surface area contributed by atoms with Gasteiger partial charge in [0, 0.05) is 11.9 Å². The van der Waals surface area contributed by atoms with Crippen molar-refractivity contribution in [2.24, 2.45) is 0 Å². The molecule has 0 aliphatic carbocycles. The van der Waals surface area contributed by atoms with Gasteiger partial charge in [-0.2, -0.15) is 4.98 Å². The number of anilines is 2. The van der Waals surface area contributed by atoms with Crippen LogP contribution in [0.3, 0.4) is 0 Å². The number of nitrogens with zero attached hydrogens (tertiary/aromatic N) is 2. The Morgan fingerprint density at radius 2 is 2.15 bits per heavy atom. The van der Waals surface area contributed by atoms with Gasteiger partial charge in [0.05, 0.1) is 11.9 Å². The molecule has 0 aromatic carbocycles. The Bertz CT molecular complexity index is 602. The number of hydrogen-bond acceptors (Lipinski definition) is 6. The predicted molar refractivity (Wildman–Crippen MR) is 76.9 cm³/mol. The Balaban J connectivity index is 2.36. The van der Waals surface area contributed by atoms with Gasteiger partial charge in [-0.05, 0) is 12.5 Å². The van der Waals surface area contributed by atoms with Crippen molar-refractivity contribution in [1.29, 1.82) is 0 Å². The van der Waals surface area contributed by atoms with Crippen molar-refractivity contribution in [1.82, 2.24) is 9.97 Å². The number of fused-ring (bicyclic) bond motifs is 1. The first-order valence-electron chi connectivity index (χ1n) is 6.20. The molecule has 2 rings (SSSR count). The van der Waals surface area contributed by atoms with E-state index in [-0.39, 0.29) is 0 Å². The molecule has 0 radical (unpaired) electrons. The molecule has 0 amide bonds. The summed E-state index contributed by atoms with van der Waals surface area (Å²) in [5.41, 5.74) is 0. The minimum absolute atomic E-state index is 0.350. The smallest absolute Gasteiger partial charge is 0.287 e. The van der Waals surface area contributed by atoms with E-state index in [1.54, 1.807) is 7.05 Å². The van der Waals surface area contributed by atoms with Gasteiger partial charge >= 0.3 is 0 Å². The number of alkyl halides is 2. The molecular formula is C12H16F2N4OS. The van der Waals surface area contributed by atoms with Crippen LogP contribution in [0.1, 0.15) is 11.8 Å². The molecule has 0 atom stereocenters. The standard InChI is InChI=1S/C12H16F2N4OS/c1-3-7-4-8-9(16-5-12(13,14)6-19)17-11(15-2)18-10(8)20-7/h4,19H,3,5-6H2,1-2H3,(H2,15,16,17,18). The molecule has 2 aromatic heterocycles. The molecule has 110 valence electrons. The fourth-order valence-electron chi connectivity index (χ4n) is 1.66. The van der Waals surface area contributed by atoms with Crippen LogP contribution in [0.15, 0.2) is 6.07 Å². The lowest BCUT2D eigenvalue weighted by atomic mass is 10.3. The van der Waals surface area contributed by atoms with E-state index in [4.69, 9.17) is 5.11 Å². The first-order valence-corrected chi connectivity index (χ1v) is 7.01. The van der Waals surface area contributed by atoms with Crippen LogP contribution in [0.25, 0.3) is 10.2 Å². The Labute approximate surface area is 119 Å². The van der Waals surface area contributed by atoms with Crippen LogP contribution in [0.4, 0.5) is 20.5 Å². The van der Waals surface area contributed by atoms with Crippen molar-refractivity contribution in [3.8, 4) is 0 Å². The monoisotopic (exact) mass is 302 g/mol. The summed E-state index contributed by atoms with van der Waals surface area (Å²) in [7, 11) is 1.67. The van der Waals surface area contributed by atoms with Crippen molar-refractivity contribution >= 4 is 33.3 Å². The number of halogens is 2. The fourth-order valence-corrected chi connectivity index (χ4v) is 2.63. The third kappa shape index (κ3) is 3.13. The van der Waals surface area contributed by atoms with Gasteiger partial charge in [0.25, 0.3) is 5.92 Å². The van der Waals surface area contributed by atoms with E-state index in [2.05, 4.69) is 20.6 Å². The maximum absolute atomic E-state index is 13.1. The number of rotatable bonds is 6. The van der Waals surface area contributed by atoms with Gasteiger partial charge in [0.15, 0.2) is 0 Å². The molecule has 5 nitrogen and oxygen atoms in total. The summed E-state index contributed by atoms with van der Waals surface area (Å²) < 4.78 is 26.2. The van der Waals surface area contributed by atoms with Gasteiger partial charge in [-0.25, -0.2) is 13.8 Å². The Morgan fingerprint density at radius 1 is 1.40 bits per heavy atom. The molecule has 0 aliphatic rings. The van der Waals surface area contributed by atoms with Crippen LogP contribution >= 0.6 is 11.3 Å². The molecule has 0 saturated carbocycles. The van der Waals surface area contributed by atoms with Gasteiger partial charge in [-0.15, -0.1) is 11.3 Å². The molecule has 2 aromatic rings. The van der Waals surface area contributed by atoms with Crippen molar-refractivity contribution in [2.45, 2.75) is 19.3 Å². The van der Waals surface area contributed by atoms with Crippen molar-refractivity contribution in [3.63, 3.8) is 0 Å². The van der Waals surface area contributed by atoms with E-state index in [0.29, 0.717) is 11.8 Å². The number of thiophene rings is 1. The highest BCUT2D eigenvalue weighted by Gasteiger charge is 2.28. The summed E-state index contributed by atoms with van der Waals surface area (Å²) in [6.45, 7) is 0.150. The fraction of sp³-hybridized carbons (Fsp3) is 0.500. The summed E-state index contributed by atoms with van der Waals surface area (Å²) in [6.07, 6.45) is 0.849. The largest absolute Gasteiger partial charge is 0.390 e. The number of hydrogen-bond donors (Lipinski definition) is 3. The molecule has 0 bridgehead atoms. The minimum Gasteiger partial charge on any atom is -0.390 e. The van der Waals surface area contributed by atoms with E-state index in [0.717, 1.165) is 21.5 Å². The average Bonchev–Trinajstić information content (AvgIpc) is 2.87. The quantitative estimate of drug-likeness (QED) is 0.764. The molecule has 0 fully saturated rings. The van der Waals surface area contributed by atoms with Crippen molar-refractivity contribution in [2.75, 3.05) is 30.8 Å². The van der Waals surface area contributed by atoms with Gasteiger partial charge in [-0.1, -0.05) is 6.92 Å². The summed E-state index contributed by atoms with van der Waals surface area (Å²) in [5.74, 6) is -2.46. The highest BCUT2D eigenvalue weighted by atomic mass is 32.1. The predicted octanol–water partition coefficient (Wildman–Crippen LogP) is 2.33. The van der Waals surface area contributed by atoms with Crippen LogP contribution in [0.5, 0.6) is 0 Å². The normalized spacial score (nSPS) is 11.8. The zero-order chi connectivity index (χ0) is 14.8. The van der Waals surface area contributed by atoms with E-state index >= 15 is 0 Å². The zero-order valence-corrected chi connectivity index (χ0v) is 12.0. The van der Waals surface area contributed by atoms with Crippen molar-refractivity contribution < 1.29 is 13.9 Å². The molecule has 0 aliphatic heterocycles. The lowest BCUT2D eigenvalue weighted by molar-refractivity contribution is -0.0373. The molecule has 3 N–H and O–H groups in total. The lowest BCUT2D eigenvalue weighted by Gasteiger charge is -2.15. The van der Waals surface area contributed by atoms with E-state index in [1.807, 2.05) is 13.0 Å². The molecule has 0 unspecified atom stereocenters. The highest BCUT2D eigenvalue weighted by molar-refractivity contribution is 7.18. The van der Waals surface area contributed by atoms with Crippen LogP contribution in [0, 0.1) is 0 Å². The zero-order valence-electron chi connectivity index (χ0n) is 11.2. The highest BCUT2D eigenvalue weighted by Crippen LogP contribution is 2.30. The van der Waals surface area contributed by atoms with Crippen molar-refractivity contribution in [3.05, 3.63) is 10.9 Å². The molecule has 0 spiro atoms. The Hall–Kier alpha value is -1.54. The number of nitrogens with one attached hydrogen (secondary N) is 2. The van der Waals surface area contributed by atoms with E-state index in [9.17, 15) is 8.78 Å². The third-order valence-electron chi connectivity index (χ3n) is 2.76. The van der Waals surface area contributed by atoms with Crippen LogP contribution in [-0.2, 0) is 6.42 Å². The van der Waals surface area contributed by atoms with Gasteiger partial charge in [-0.3, -0.25) is 0 Å². The summed E-state index contributed by atoms with van der Waals surface area (Å²) >= 11 is 1.51. The second-order valence-corrected chi connectivity index (χ2v) is 5.41. The van der Waals surface area contributed by atoms with Gasteiger partial charge < -0.3 is 15.7 Å². The SMILES string of the molecule is CCc1cc2c(NCC(F)(F)CO)nc(NC)nc2s1. The summed E-state index contributed by atoms with van der Waals surface area (Å²) in [6, 6.07) is 1.90. The van der Waals surface area contributed by atoms with E-state index in [1.165, 1.54) is 11.3 Å².